The summed E-state index contributed by atoms with van der Waals surface area (Å²) in [7, 11) is 0. The summed E-state index contributed by atoms with van der Waals surface area (Å²) in [6.45, 7) is 3.69. The van der Waals surface area contributed by atoms with Crippen molar-refractivity contribution in [1.29, 1.82) is 5.26 Å². The highest BCUT2D eigenvalue weighted by Crippen LogP contribution is 2.66. The first-order valence-corrected chi connectivity index (χ1v) is 12.2. The van der Waals surface area contributed by atoms with Gasteiger partial charge in [0, 0.05) is 12.1 Å². The van der Waals surface area contributed by atoms with Gasteiger partial charge in [0.2, 0.25) is 0 Å². The lowest BCUT2D eigenvalue weighted by molar-refractivity contribution is -0.148. The van der Waals surface area contributed by atoms with Crippen molar-refractivity contribution in [3.63, 3.8) is 0 Å². The Labute approximate surface area is 184 Å². The van der Waals surface area contributed by atoms with Gasteiger partial charge in [-0.1, -0.05) is 6.92 Å². The molecule has 1 aromatic rings. The lowest BCUT2D eigenvalue weighted by atomic mass is 9.49. The van der Waals surface area contributed by atoms with E-state index < -0.39 is 24.0 Å². The minimum absolute atomic E-state index is 0.317. The molecule has 0 saturated heterocycles. The maximum Gasteiger partial charge on any atom is 0.270 e. The molecule has 4 aliphatic carbocycles. The molecule has 8 atom stereocenters. The standard InChI is InChI=1S/C25H35F2N3O/c1-23(31)9-7-18-17(11-23)3-4-20-19(18)8-10-24(2)21(20)5-6-22(24)25(26,27)15-30-14-16(12-28)13-29-30/h13-14,17-22,31H,3-11,15H2,1-2H3/t17-,18-,19+,20+,21-,22?,23+,24-/m0/s1. The molecule has 6 heteroatoms. The number of fused-ring (bicyclic) bond motifs is 5. The molecule has 4 saturated carbocycles. The topological polar surface area (TPSA) is 61.8 Å². The molecule has 5 rings (SSSR count). The predicted octanol–water partition coefficient (Wildman–Crippen LogP) is 5.41. The normalized spacial score (nSPS) is 44.8. The second-order valence-electron chi connectivity index (χ2n) is 11.6. The zero-order valence-electron chi connectivity index (χ0n) is 18.7. The third kappa shape index (κ3) is 3.52. The third-order valence-corrected chi connectivity index (χ3v) is 9.88. The Balaban J connectivity index is 1.33. The van der Waals surface area contributed by atoms with Crippen molar-refractivity contribution in [3.05, 3.63) is 18.0 Å². The van der Waals surface area contributed by atoms with Crippen LogP contribution in [0, 0.1) is 52.3 Å². The van der Waals surface area contributed by atoms with Crippen LogP contribution in [-0.2, 0) is 6.54 Å². The summed E-state index contributed by atoms with van der Waals surface area (Å²) >= 11 is 0. The molecule has 1 aromatic heterocycles. The summed E-state index contributed by atoms with van der Waals surface area (Å²) in [5.41, 5.74) is -0.506. The highest BCUT2D eigenvalue weighted by atomic mass is 19.3. The van der Waals surface area contributed by atoms with Crippen LogP contribution in [0.2, 0.25) is 0 Å². The van der Waals surface area contributed by atoms with Gasteiger partial charge in [0.05, 0.1) is 17.4 Å². The van der Waals surface area contributed by atoms with E-state index in [-0.39, 0.29) is 5.41 Å². The van der Waals surface area contributed by atoms with Crippen molar-refractivity contribution < 1.29 is 13.9 Å². The summed E-state index contributed by atoms with van der Waals surface area (Å²) in [4.78, 5) is 0. The van der Waals surface area contributed by atoms with Crippen LogP contribution in [-0.4, -0.2) is 26.4 Å². The quantitative estimate of drug-likeness (QED) is 0.696. The van der Waals surface area contributed by atoms with E-state index in [1.165, 1.54) is 17.1 Å². The van der Waals surface area contributed by atoms with Gasteiger partial charge in [0.15, 0.2) is 0 Å². The van der Waals surface area contributed by atoms with Crippen molar-refractivity contribution in [1.82, 2.24) is 9.78 Å². The van der Waals surface area contributed by atoms with Gasteiger partial charge >= 0.3 is 0 Å². The number of halogens is 2. The predicted molar refractivity (Wildman–Crippen MR) is 113 cm³/mol. The maximum absolute atomic E-state index is 15.6. The monoisotopic (exact) mass is 431 g/mol. The summed E-state index contributed by atoms with van der Waals surface area (Å²) < 4.78 is 32.4. The van der Waals surface area contributed by atoms with Crippen molar-refractivity contribution in [2.75, 3.05) is 0 Å². The number of alkyl halides is 2. The van der Waals surface area contributed by atoms with E-state index in [1.807, 2.05) is 13.0 Å². The summed E-state index contributed by atoms with van der Waals surface area (Å²) in [6.07, 6.45) is 11.4. The van der Waals surface area contributed by atoms with E-state index >= 15 is 8.78 Å². The minimum Gasteiger partial charge on any atom is -0.390 e. The summed E-state index contributed by atoms with van der Waals surface area (Å²) in [5, 5.41) is 23.5. The van der Waals surface area contributed by atoms with Crippen molar-refractivity contribution in [3.8, 4) is 6.07 Å². The number of nitriles is 1. The van der Waals surface area contributed by atoms with E-state index in [0.717, 1.165) is 51.4 Å². The Morgan fingerprint density at radius 3 is 2.65 bits per heavy atom. The molecule has 0 aliphatic heterocycles. The molecular weight excluding hydrogens is 396 g/mol. The first-order chi connectivity index (χ1) is 14.6. The smallest absolute Gasteiger partial charge is 0.270 e. The average Bonchev–Trinajstić information content (AvgIpc) is 3.30. The largest absolute Gasteiger partial charge is 0.390 e. The molecule has 1 unspecified atom stereocenters. The second-order valence-corrected chi connectivity index (χ2v) is 11.6. The Hall–Kier alpha value is -1.48. The Bertz CT molecular complexity index is 874. The van der Waals surface area contributed by atoms with Crippen LogP contribution in [0.1, 0.15) is 77.2 Å². The zero-order chi connectivity index (χ0) is 22.0. The van der Waals surface area contributed by atoms with Gasteiger partial charge in [-0.3, -0.25) is 4.68 Å². The van der Waals surface area contributed by atoms with Crippen molar-refractivity contribution in [2.24, 2.45) is 40.9 Å². The molecule has 4 fully saturated rings. The van der Waals surface area contributed by atoms with E-state index in [4.69, 9.17) is 5.26 Å². The van der Waals surface area contributed by atoms with Crippen molar-refractivity contribution >= 4 is 0 Å². The van der Waals surface area contributed by atoms with Crippen molar-refractivity contribution in [2.45, 2.75) is 89.7 Å². The molecule has 1 N–H and O–H groups in total. The minimum atomic E-state index is -2.82. The number of rotatable bonds is 3. The number of aromatic nitrogens is 2. The molecule has 0 spiro atoms. The average molecular weight is 432 g/mol. The van der Waals surface area contributed by atoms with Crippen LogP contribution in [0.4, 0.5) is 8.78 Å². The fourth-order valence-electron chi connectivity index (χ4n) is 8.61. The molecule has 0 bridgehead atoms. The SMILES string of the molecule is C[C@@]1(O)CC[C@H]2[C@@H](CC[C@@H]3[C@@H]2CC[C@]2(C)C(C(F)(F)Cn4cc(C#N)cn4)CC[C@@H]32)C1. The molecule has 4 nitrogen and oxygen atoms in total. The second kappa shape index (κ2) is 7.27. The molecular formula is C25H35F2N3O. The van der Waals surface area contributed by atoms with Gasteiger partial charge in [-0.25, -0.2) is 8.78 Å². The van der Waals surface area contributed by atoms with Crippen LogP contribution >= 0.6 is 0 Å². The lowest BCUT2D eigenvalue weighted by Crippen LogP contribution is -2.52. The molecule has 0 radical (unpaired) electrons. The van der Waals surface area contributed by atoms with Gasteiger partial charge in [0.1, 0.15) is 12.6 Å². The van der Waals surface area contributed by atoms with Crippen LogP contribution in [0.15, 0.2) is 12.4 Å². The van der Waals surface area contributed by atoms with Gasteiger partial charge in [0.25, 0.3) is 5.92 Å². The summed E-state index contributed by atoms with van der Waals surface area (Å²) in [6, 6.07) is 1.97. The number of aliphatic hydroxyl groups is 1. The number of hydrogen-bond acceptors (Lipinski definition) is 3. The van der Waals surface area contributed by atoms with E-state index in [9.17, 15) is 5.11 Å². The maximum atomic E-state index is 15.6. The first-order valence-electron chi connectivity index (χ1n) is 12.2. The number of nitrogens with zero attached hydrogens (tertiary/aromatic N) is 3. The molecule has 1 heterocycles. The fraction of sp³-hybridized carbons (Fsp3) is 0.840. The Kier molecular flexibility index (Phi) is 5.01. The van der Waals surface area contributed by atoms with Crippen LogP contribution in [0.5, 0.6) is 0 Å². The van der Waals surface area contributed by atoms with Crippen LogP contribution < -0.4 is 0 Å². The van der Waals surface area contributed by atoms with Crippen LogP contribution in [0.25, 0.3) is 0 Å². The van der Waals surface area contributed by atoms with E-state index in [0.29, 0.717) is 41.6 Å². The molecule has 4 aliphatic rings. The van der Waals surface area contributed by atoms with Crippen LogP contribution in [0.3, 0.4) is 0 Å². The van der Waals surface area contributed by atoms with Gasteiger partial charge in [-0.2, -0.15) is 10.4 Å². The van der Waals surface area contributed by atoms with Gasteiger partial charge in [-0.05, 0) is 99.7 Å². The van der Waals surface area contributed by atoms with E-state index in [1.54, 1.807) is 0 Å². The molecule has 0 amide bonds. The zero-order valence-corrected chi connectivity index (χ0v) is 18.7. The highest BCUT2D eigenvalue weighted by Gasteiger charge is 2.62. The Morgan fingerprint density at radius 2 is 1.90 bits per heavy atom. The van der Waals surface area contributed by atoms with E-state index in [2.05, 4.69) is 12.0 Å². The first kappa shape index (κ1) is 21.4. The summed E-state index contributed by atoms with van der Waals surface area (Å²) in [5.74, 6) is -0.541. The van der Waals surface area contributed by atoms with Gasteiger partial charge in [-0.15, -0.1) is 0 Å². The Morgan fingerprint density at radius 1 is 1.13 bits per heavy atom. The fourth-order valence-corrected chi connectivity index (χ4v) is 8.61. The lowest BCUT2D eigenvalue weighted by Gasteiger charge is -2.57. The molecule has 31 heavy (non-hydrogen) atoms. The van der Waals surface area contributed by atoms with Gasteiger partial charge < -0.3 is 5.11 Å². The third-order valence-electron chi connectivity index (χ3n) is 9.88. The number of hydrogen-bond donors (Lipinski definition) is 1. The molecule has 170 valence electrons. The molecule has 0 aromatic carbocycles. The highest BCUT2D eigenvalue weighted by molar-refractivity contribution is 5.21.